The smallest absolute Gasteiger partial charge is 0.245 e. The Balaban J connectivity index is 1.57. The summed E-state index contributed by atoms with van der Waals surface area (Å²) in [5.74, 6) is 0.645. The summed E-state index contributed by atoms with van der Waals surface area (Å²) in [5, 5.41) is 0.815. The van der Waals surface area contributed by atoms with E-state index in [1.807, 2.05) is 31.2 Å². The van der Waals surface area contributed by atoms with Gasteiger partial charge in [0.25, 0.3) is 0 Å². The molecule has 0 unspecified atom stereocenters. The maximum atomic E-state index is 13.0. The zero-order valence-corrected chi connectivity index (χ0v) is 14.5. The van der Waals surface area contributed by atoms with Crippen molar-refractivity contribution in [2.45, 2.75) is 17.9 Å². The molecule has 0 saturated carbocycles. The minimum atomic E-state index is -3.60. The lowest BCUT2D eigenvalue weighted by molar-refractivity contribution is 0.0759. The highest BCUT2D eigenvalue weighted by Gasteiger charge is 2.39. The summed E-state index contributed by atoms with van der Waals surface area (Å²) in [6, 6.07) is 12.6. The Labute approximate surface area is 146 Å². The Morgan fingerprint density at radius 2 is 1.96 bits per heavy atom. The molecular weight excluding hydrogens is 338 g/mol. The van der Waals surface area contributed by atoms with E-state index in [9.17, 15) is 8.42 Å². The van der Waals surface area contributed by atoms with Gasteiger partial charge in [-0.05, 0) is 31.2 Å². The third-order valence-corrected chi connectivity index (χ3v) is 6.06. The summed E-state index contributed by atoms with van der Waals surface area (Å²) in [5.41, 5.74) is 1.30. The van der Waals surface area contributed by atoms with Crippen LogP contribution < -0.4 is 4.74 Å². The molecule has 1 saturated heterocycles. The molecule has 0 aliphatic carbocycles. The van der Waals surface area contributed by atoms with Gasteiger partial charge >= 0.3 is 0 Å². The Kier molecular flexibility index (Phi) is 3.89. The number of para-hydroxylation sites is 1. The van der Waals surface area contributed by atoms with Crippen molar-refractivity contribution in [1.82, 2.24) is 14.3 Å². The van der Waals surface area contributed by atoms with Gasteiger partial charge in [0, 0.05) is 17.3 Å². The van der Waals surface area contributed by atoms with Crippen molar-refractivity contribution >= 4 is 20.9 Å². The number of hydrogen-bond donors (Lipinski definition) is 0. The van der Waals surface area contributed by atoms with Crippen molar-refractivity contribution in [2.75, 3.05) is 13.1 Å². The molecule has 1 aliphatic rings. The Hall–Kier alpha value is -2.51. The molecule has 2 aromatic heterocycles. The SMILES string of the molecule is Cc1ccc2cccc(S(=O)(=O)N3CC(Oc4cccnc4)C3)c2n1. The summed E-state index contributed by atoms with van der Waals surface area (Å²) in [6.45, 7) is 2.49. The molecule has 7 heteroatoms. The zero-order chi connectivity index (χ0) is 17.4. The minimum Gasteiger partial charge on any atom is -0.486 e. The fraction of sp³-hybridized carbons (Fsp3) is 0.222. The largest absolute Gasteiger partial charge is 0.486 e. The summed E-state index contributed by atoms with van der Waals surface area (Å²) in [7, 11) is -3.60. The van der Waals surface area contributed by atoms with E-state index in [0.717, 1.165) is 11.1 Å². The third-order valence-electron chi connectivity index (χ3n) is 4.19. The zero-order valence-electron chi connectivity index (χ0n) is 13.7. The second-order valence-corrected chi connectivity index (χ2v) is 7.94. The fourth-order valence-electron chi connectivity index (χ4n) is 2.85. The number of rotatable bonds is 4. The predicted molar refractivity (Wildman–Crippen MR) is 93.9 cm³/mol. The molecule has 25 heavy (non-hydrogen) atoms. The lowest BCUT2D eigenvalue weighted by Gasteiger charge is -2.37. The van der Waals surface area contributed by atoms with E-state index in [1.54, 1.807) is 30.6 Å². The average molecular weight is 355 g/mol. The summed E-state index contributed by atoms with van der Waals surface area (Å²) < 4.78 is 33.1. The molecule has 0 bridgehead atoms. The van der Waals surface area contributed by atoms with Crippen LogP contribution in [0.25, 0.3) is 10.9 Å². The topological polar surface area (TPSA) is 72.4 Å². The van der Waals surface area contributed by atoms with Gasteiger partial charge in [-0.3, -0.25) is 9.97 Å². The lowest BCUT2D eigenvalue weighted by atomic mass is 10.2. The number of pyridine rings is 2. The highest BCUT2D eigenvalue weighted by atomic mass is 32.2. The number of aromatic nitrogens is 2. The second kappa shape index (κ2) is 6.09. The molecule has 0 amide bonds. The summed E-state index contributed by atoms with van der Waals surface area (Å²) in [6.07, 6.45) is 3.12. The van der Waals surface area contributed by atoms with Crippen molar-refractivity contribution in [3.05, 3.63) is 60.6 Å². The average Bonchev–Trinajstić information content (AvgIpc) is 2.57. The van der Waals surface area contributed by atoms with E-state index < -0.39 is 10.0 Å². The van der Waals surface area contributed by atoms with Crippen LogP contribution in [-0.2, 0) is 10.0 Å². The van der Waals surface area contributed by atoms with E-state index in [2.05, 4.69) is 9.97 Å². The maximum Gasteiger partial charge on any atom is 0.245 e. The Bertz CT molecular complexity index is 1020. The van der Waals surface area contributed by atoms with Gasteiger partial charge in [-0.2, -0.15) is 4.31 Å². The van der Waals surface area contributed by atoms with Crippen LogP contribution in [-0.4, -0.2) is 41.9 Å². The van der Waals surface area contributed by atoms with Crippen LogP contribution in [0.1, 0.15) is 5.69 Å². The summed E-state index contributed by atoms with van der Waals surface area (Å²) >= 11 is 0. The molecular formula is C18H17N3O3S. The van der Waals surface area contributed by atoms with E-state index in [-0.39, 0.29) is 11.0 Å². The minimum absolute atomic E-state index is 0.163. The van der Waals surface area contributed by atoms with Gasteiger partial charge in [0.1, 0.15) is 16.7 Å². The quantitative estimate of drug-likeness (QED) is 0.718. The molecule has 0 atom stereocenters. The molecule has 3 aromatic rings. The van der Waals surface area contributed by atoms with Crippen molar-refractivity contribution in [1.29, 1.82) is 0 Å². The van der Waals surface area contributed by atoms with E-state index in [4.69, 9.17) is 4.74 Å². The van der Waals surface area contributed by atoms with Crippen LogP contribution in [0.15, 0.2) is 59.8 Å². The molecule has 4 rings (SSSR count). The lowest BCUT2D eigenvalue weighted by Crippen LogP contribution is -2.56. The first-order chi connectivity index (χ1) is 12.0. The van der Waals surface area contributed by atoms with Crippen molar-refractivity contribution in [2.24, 2.45) is 0 Å². The van der Waals surface area contributed by atoms with E-state index in [1.165, 1.54) is 4.31 Å². The van der Waals surface area contributed by atoms with Crippen LogP contribution in [0.2, 0.25) is 0 Å². The van der Waals surface area contributed by atoms with Crippen molar-refractivity contribution < 1.29 is 13.2 Å². The van der Waals surface area contributed by atoms with Gasteiger partial charge < -0.3 is 4.74 Å². The number of nitrogens with zero attached hydrogens (tertiary/aromatic N) is 3. The standard InChI is InChI=1S/C18H17N3O3S/c1-13-7-8-14-4-2-6-17(18(14)20-13)25(22,23)21-11-16(12-21)24-15-5-3-9-19-10-15/h2-10,16H,11-12H2,1H3. The van der Waals surface area contributed by atoms with Gasteiger partial charge in [-0.25, -0.2) is 8.42 Å². The predicted octanol–water partition coefficient (Wildman–Crippen LogP) is 2.39. The number of benzene rings is 1. The van der Waals surface area contributed by atoms with Crippen LogP contribution in [0.4, 0.5) is 0 Å². The number of sulfonamides is 1. The molecule has 0 N–H and O–H groups in total. The van der Waals surface area contributed by atoms with Gasteiger partial charge in [0.2, 0.25) is 10.0 Å². The Morgan fingerprint density at radius 3 is 2.72 bits per heavy atom. The van der Waals surface area contributed by atoms with Gasteiger partial charge in [-0.1, -0.05) is 18.2 Å². The second-order valence-electron chi connectivity index (χ2n) is 6.03. The van der Waals surface area contributed by atoms with Gasteiger partial charge in [0.15, 0.2) is 0 Å². The molecule has 1 aliphatic heterocycles. The molecule has 0 spiro atoms. The first-order valence-corrected chi connectivity index (χ1v) is 9.41. The number of fused-ring (bicyclic) bond motifs is 1. The van der Waals surface area contributed by atoms with Crippen molar-refractivity contribution in [3.63, 3.8) is 0 Å². The van der Waals surface area contributed by atoms with Gasteiger partial charge in [-0.15, -0.1) is 0 Å². The monoisotopic (exact) mass is 355 g/mol. The summed E-state index contributed by atoms with van der Waals surface area (Å²) in [4.78, 5) is 8.66. The molecule has 6 nitrogen and oxygen atoms in total. The van der Waals surface area contributed by atoms with Crippen molar-refractivity contribution in [3.8, 4) is 5.75 Å². The van der Waals surface area contributed by atoms with Crippen LogP contribution in [0.5, 0.6) is 5.75 Å². The van der Waals surface area contributed by atoms with E-state index >= 15 is 0 Å². The van der Waals surface area contributed by atoms with Crippen LogP contribution >= 0.6 is 0 Å². The first-order valence-electron chi connectivity index (χ1n) is 7.97. The molecule has 1 fully saturated rings. The van der Waals surface area contributed by atoms with Crippen LogP contribution in [0.3, 0.4) is 0 Å². The van der Waals surface area contributed by atoms with E-state index in [0.29, 0.717) is 24.4 Å². The number of aryl methyl sites for hydroxylation is 1. The number of ether oxygens (including phenoxy) is 1. The molecule has 1 aromatic carbocycles. The molecule has 128 valence electrons. The normalized spacial score (nSPS) is 15.9. The highest BCUT2D eigenvalue weighted by molar-refractivity contribution is 7.89. The fourth-order valence-corrected chi connectivity index (χ4v) is 4.51. The molecule has 0 radical (unpaired) electrons. The third kappa shape index (κ3) is 2.96. The molecule has 3 heterocycles. The maximum absolute atomic E-state index is 13.0. The first kappa shape index (κ1) is 16.0. The Morgan fingerprint density at radius 1 is 1.12 bits per heavy atom. The van der Waals surface area contributed by atoms with Gasteiger partial charge in [0.05, 0.1) is 24.8 Å². The van der Waals surface area contributed by atoms with Crippen LogP contribution in [0, 0.1) is 6.92 Å². The number of hydrogen-bond acceptors (Lipinski definition) is 5. The highest BCUT2D eigenvalue weighted by Crippen LogP contribution is 2.28.